The number of aryl methyl sites for hydroxylation is 2. The third kappa shape index (κ3) is 2.06. The Kier molecular flexibility index (Phi) is 2.95. The molecule has 0 radical (unpaired) electrons. The van der Waals surface area contributed by atoms with Crippen LogP contribution in [-0.4, -0.2) is 45.2 Å². The predicted molar refractivity (Wildman–Crippen MR) is 84.4 cm³/mol. The van der Waals surface area contributed by atoms with Crippen LogP contribution >= 0.6 is 0 Å². The van der Waals surface area contributed by atoms with E-state index in [1.165, 1.54) is 10.6 Å². The molecule has 0 saturated carbocycles. The molecule has 0 unspecified atom stereocenters. The van der Waals surface area contributed by atoms with Gasteiger partial charge in [0.15, 0.2) is 11.3 Å². The van der Waals surface area contributed by atoms with Crippen LogP contribution in [0.2, 0.25) is 0 Å². The van der Waals surface area contributed by atoms with Crippen LogP contribution in [-0.2, 0) is 14.1 Å². The van der Waals surface area contributed by atoms with Crippen LogP contribution in [0.4, 0.5) is 0 Å². The summed E-state index contributed by atoms with van der Waals surface area (Å²) in [5.74, 6) is -1.10. The van der Waals surface area contributed by atoms with Gasteiger partial charge in [0, 0.05) is 32.6 Å². The minimum Gasteiger partial charge on any atom is -0.476 e. The smallest absolute Gasteiger partial charge is 0.356 e. The van der Waals surface area contributed by atoms with Gasteiger partial charge in [0.25, 0.3) is 0 Å². The molecule has 0 aliphatic rings. The molecule has 0 aliphatic carbocycles. The van der Waals surface area contributed by atoms with E-state index < -0.39 is 5.97 Å². The Bertz CT molecular complexity index is 1070. The van der Waals surface area contributed by atoms with Gasteiger partial charge in [0.1, 0.15) is 0 Å². The molecule has 9 nitrogen and oxygen atoms in total. The average Bonchev–Trinajstić information content (AvgIpc) is 3.25. The van der Waals surface area contributed by atoms with E-state index in [1.54, 1.807) is 21.8 Å². The second-order valence-corrected chi connectivity index (χ2v) is 5.31. The van der Waals surface area contributed by atoms with E-state index in [4.69, 9.17) is 0 Å². The second kappa shape index (κ2) is 5.01. The Labute approximate surface area is 135 Å². The predicted octanol–water partition coefficient (Wildman–Crippen LogP) is 1.23. The average molecular weight is 323 g/mol. The van der Waals surface area contributed by atoms with Gasteiger partial charge in [-0.1, -0.05) is 0 Å². The second-order valence-electron chi connectivity index (χ2n) is 5.31. The lowest BCUT2D eigenvalue weighted by Crippen LogP contribution is -2.04. The van der Waals surface area contributed by atoms with E-state index in [0.29, 0.717) is 17.0 Å². The zero-order chi connectivity index (χ0) is 16.8. The Morgan fingerprint density at radius 1 is 1.00 bits per heavy atom. The number of carboxylic acids is 1. The highest BCUT2D eigenvalue weighted by molar-refractivity contribution is 5.87. The van der Waals surface area contributed by atoms with Crippen molar-refractivity contribution in [1.82, 2.24) is 34.2 Å². The SMILES string of the molecule is Cn1nccc1-c1cc(-c2ccnn2C)n2nc(C(=O)O)cc2n1. The maximum absolute atomic E-state index is 11.3. The minimum absolute atomic E-state index is 0.0620. The maximum Gasteiger partial charge on any atom is 0.356 e. The van der Waals surface area contributed by atoms with Crippen molar-refractivity contribution in [2.24, 2.45) is 14.1 Å². The molecule has 0 fully saturated rings. The van der Waals surface area contributed by atoms with E-state index in [9.17, 15) is 9.90 Å². The summed E-state index contributed by atoms with van der Waals surface area (Å²) in [6.45, 7) is 0. The molecule has 4 heterocycles. The minimum atomic E-state index is -1.10. The van der Waals surface area contributed by atoms with Crippen LogP contribution in [0.25, 0.3) is 28.4 Å². The monoisotopic (exact) mass is 323 g/mol. The maximum atomic E-state index is 11.3. The number of hydrogen-bond acceptors (Lipinski definition) is 5. The van der Waals surface area contributed by atoms with Crippen molar-refractivity contribution >= 4 is 11.6 Å². The number of carboxylic acid groups (broad SMARTS) is 1. The molecule has 4 aromatic heterocycles. The van der Waals surface area contributed by atoms with Crippen molar-refractivity contribution in [3.63, 3.8) is 0 Å². The van der Waals surface area contributed by atoms with Crippen molar-refractivity contribution in [1.29, 1.82) is 0 Å². The summed E-state index contributed by atoms with van der Waals surface area (Å²) in [6.07, 6.45) is 3.36. The Hall–Kier alpha value is -3.49. The van der Waals surface area contributed by atoms with Crippen molar-refractivity contribution < 1.29 is 9.90 Å². The fourth-order valence-corrected chi connectivity index (χ4v) is 2.64. The highest BCUT2D eigenvalue weighted by atomic mass is 16.4. The zero-order valence-corrected chi connectivity index (χ0v) is 13.0. The first-order valence-electron chi connectivity index (χ1n) is 7.15. The van der Waals surface area contributed by atoms with Crippen LogP contribution in [0.15, 0.2) is 36.7 Å². The van der Waals surface area contributed by atoms with Gasteiger partial charge in [-0.3, -0.25) is 9.36 Å². The van der Waals surface area contributed by atoms with E-state index in [2.05, 4.69) is 20.3 Å². The lowest BCUT2D eigenvalue weighted by atomic mass is 10.2. The highest BCUT2D eigenvalue weighted by Crippen LogP contribution is 2.25. The molecule has 0 amide bonds. The van der Waals surface area contributed by atoms with Crippen molar-refractivity contribution in [2.45, 2.75) is 0 Å². The van der Waals surface area contributed by atoms with Crippen LogP contribution in [0.5, 0.6) is 0 Å². The Morgan fingerprint density at radius 3 is 2.25 bits per heavy atom. The van der Waals surface area contributed by atoms with Crippen molar-refractivity contribution in [2.75, 3.05) is 0 Å². The normalized spacial score (nSPS) is 11.2. The van der Waals surface area contributed by atoms with E-state index >= 15 is 0 Å². The van der Waals surface area contributed by atoms with Crippen molar-refractivity contribution in [3.8, 4) is 22.8 Å². The number of hydrogen-bond donors (Lipinski definition) is 1. The van der Waals surface area contributed by atoms with Gasteiger partial charge in [-0.25, -0.2) is 14.3 Å². The molecule has 120 valence electrons. The van der Waals surface area contributed by atoms with Gasteiger partial charge in [0.2, 0.25) is 0 Å². The van der Waals surface area contributed by atoms with Crippen molar-refractivity contribution in [3.05, 3.63) is 42.4 Å². The molecule has 0 aliphatic heterocycles. The lowest BCUT2D eigenvalue weighted by Gasteiger charge is -2.08. The molecule has 0 spiro atoms. The number of aromatic carboxylic acids is 1. The quantitative estimate of drug-likeness (QED) is 0.608. The summed E-state index contributed by atoms with van der Waals surface area (Å²) >= 11 is 0. The number of nitrogens with zero attached hydrogens (tertiary/aromatic N) is 7. The fraction of sp³-hybridized carbons (Fsp3) is 0.133. The summed E-state index contributed by atoms with van der Waals surface area (Å²) in [4.78, 5) is 15.8. The highest BCUT2D eigenvalue weighted by Gasteiger charge is 2.18. The van der Waals surface area contributed by atoms with Crippen LogP contribution in [0, 0.1) is 0 Å². The van der Waals surface area contributed by atoms with Gasteiger partial charge in [-0.15, -0.1) is 0 Å². The summed E-state index contributed by atoms with van der Waals surface area (Å²) in [7, 11) is 3.64. The molecule has 24 heavy (non-hydrogen) atoms. The topological polar surface area (TPSA) is 103 Å². The van der Waals surface area contributed by atoms with Crippen LogP contribution in [0.3, 0.4) is 0 Å². The van der Waals surface area contributed by atoms with Crippen LogP contribution < -0.4 is 0 Å². The molecule has 0 saturated heterocycles. The van der Waals surface area contributed by atoms with E-state index in [-0.39, 0.29) is 5.69 Å². The Balaban J connectivity index is 2.05. The standard InChI is InChI=1S/C15H13N7O2/c1-20-11(3-5-16-20)9-7-13(12-4-6-17-21(12)2)22-14(18-9)8-10(19-22)15(23)24/h3-8H,1-2H3,(H,23,24). The third-order valence-corrected chi connectivity index (χ3v) is 3.81. The van der Waals surface area contributed by atoms with Gasteiger partial charge in [-0.05, 0) is 18.2 Å². The number of aromatic nitrogens is 7. The molecular formula is C15H13N7O2. The third-order valence-electron chi connectivity index (χ3n) is 3.81. The molecule has 9 heteroatoms. The van der Waals surface area contributed by atoms with Gasteiger partial charge < -0.3 is 5.11 Å². The summed E-state index contributed by atoms with van der Waals surface area (Å²) in [5, 5.41) is 21.7. The molecule has 4 aromatic rings. The number of fused-ring (bicyclic) bond motifs is 1. The molecular weight excluding hydrogens is 310 g/mol. The van der Waals surface area contributed by atoms with Gasteiger partial charge in [-0.2, -0.15) is 15.3 Å². The molecule has 0 bridgehead atoms. The molecule has 0 atom stereocenters. The van der Waals surface area contributed by atoms with Crippen LogP contribution in [0.1, 0.15) is 10.5 Å². The fourth-order valence-electron chi connectivity index (χ4n) is 2.64. The van der Waals surface area contributed by atoms with Gasteiger partial charge in [0.05, 0.1) is 22.8 Å². The first kappa shape index (κ1) is 14.1. The molecule has 4 rings (SSSR count). The summed E-state index contributed by atoms with van der Waals surface area (Å²) in [6, 6.07) is 6.98. The van der Waals surface area contributed by atoms with Gasteiger partial charge >= 0.3 is 5.97 Å². The van der Waals surface area contributed by atoms with E-state index in [0.717, 1.165) is 11.4 Å². The first-order valence-corrected chi connectivity index (χ1v) is 7.15. The number of carbonyl (C=O) groups is 1. The largest absolute Gasteiger partial charge is 0.476 e. The molecule has 0 aromatic carbocycles. The molecule has 1 N–H and O–H groups in total. The summed E-state index contributed by atoms with van der Waals surface area (Å²) in [5.41, 5.74) is 3.37. The summed E-state index contributed by atoms with van der Waals surface area (Å²) < 4.78 is 4.92. The number of rotatable bonds is 3. The lowest BCUT2D eigenvalue weighted by molar-refractivity contribution is 0.0690. The first-order chi connectivity index (χ1) is 11.5. The van der Waals surface area contributed by atoms with E-state index in [1.807, 2.05) is 32.3 Å². The Morgan fingerprint density at radius 2 is 1.67 bits per heavy atom. The zero-order valence-electron chi connectivity index (χ0n) is 13.0.